The highest BCUT2D eigenvalue weighted by molar-refractivity contribution is 6.05. The molecule has 0 radical (unpaired) electrons. The number of rotatable bonds is 5. The highest BCUT2D eigenvalue weighted by Gasteiger charge is 2.41. The van der Waals surface area contributed by atoms with Crippen molar-refractivity contribution >= 4 is 17.5 Å². The number of fused-ring (bicyclic) bond motifs is 1. The van der Waals surface area contributed by atoms with E-state index in [1.165, 1.54) is 12.0 Å². The summed E-state index contributed by atoms with van der Waals surface area (Å²) in [5.41, 5.74) is 6.89. The van der Waals surface area contributed by atoms with E-state index in [0.717, 1.165) is 0 Å². The lowest BCUT2D eigenvalue weighted by Gasteiger charge is -2.27. The first kappa shape index (κ1) is 19.0. The van der Waals surface area contributed by atoms with Crippen molar-refractivity contribution < 1.29 is 27.5 Å². The number of nitrogens with zero attached hydrogens (tertiary/aromatic N) is 1. The molecule has 2 rings (SSSR count). The number of carbonyl (C=O) groups is 2. The zero-order valence-corrected chi connectivity index (χ0v) is 13.9. The first-order chi connectivity index (χ1) is 11.7. The molecule has 1 aromatic rings. The van der Waals surface area contributed by atoms with Crippen LogP contribution in [-0.4, -0.2) is 43.7 Å². The minimum absolute atomic E-state index is 0.0956. The molecular formula is C16H20F3N3O3. The molecule has 1 aliphatic heterocycles. The highest BCUT2D eigenvalue weighted by atomic mass is 19.4. The lowest BCUT2D eigenvalue weighted by atomic mass is 10.1. The molecule has 2 atom stereocenters. The van der Waals surface area contributed by atoms with Gasteiger partial charge in [-0.05, 0) is 30.2 Å². The fourth-order valence-corrected chi connectivity index (χ4v) is 2.70. The van der Waals surface area contributed by atoms with Crippen LogP contribution < -0.4 is 20.7 Å². The maximum Gasteiger partial charge on any atom is 0.405 e. The van der Waals surface area contributed by atoms with Crippen molar-refractivity contribution in [3.63, 3.8) is 0 Å². The molecule has 0 spiro atoms. The number of anilines is 1. The van der Waals surface area contributed by atoms with Crippen LogP contribution in [0.3, 0.4) is 0 Å². The van der Waals surface area contributed by atoms with E-state index in [2.05, 4.69) is 0 Å². The summed E-state index contributed by atoms with van der Waals surface area (Å²) in [7, 11) is 1.47. The molecule has 9 heteroatoms. The third-order valence-electron chi connectivity index (χ3n) is 4.03. The molecule has 3 N–H and O–H groups in total. The van der Waals surface area contributed by atoms with Crippen LogP contribution in [-0.2, 0) is 16.0 Å². The van der Waals surface area contributed by atoms with Crippen LogP contribution in [0.25, 0.3) is 0 Å². The molecule has 0 saturated heterocycles. The first-order valence-electron chi connectivity index (χ1n) is 7.78. The van der Waals surface area contributed by atoms with Gasteiger partial charge in [-0.3, -0.25) is 14.5 Å². The largest absolute Gasteiger partial charge is 0.497 e. The number of nitrogens with one attached hydrogen (secondary N) is 1. The van der Waals surface area contributed by atoms with Gasteiger partial charge in [0.05, 0.1) is 13.2 Å². The number of ether oxygens (including phenoxy) is 1. The summed E-state index contributed by atoms with van der Waals surface area (Å²) >= 11 is 0. The summed E-state index contributed by atoms with van der Waals surface area (Å²) in [5.74, 6) is -0.843. The lowest BCUT2D eigenvalue weighted by Crippen LogP contribution is -2.53. The molecule has 0 bridgehead atoms. The maximum absolute atomic E-state index is 12.6. The number of halogens is 3. The van der Waals surface area contributed by atoms with Gasteiger partial charge in [0.15, 0.2) is 0 Å². The summed E-state index contributed by atoms with van der Waals surface area (Å²) in [6.45, 7) is 0.260. The van der Waals surface area contributed by atoms with E-state index in [4.69, 9.17) is 10.5 Å². The topological polar surface area (TPSA) is 84.7 Å². The molecule has 0 aliphatic carbocycles. The van der Waals surface area contributed by atoms with Crippen LogP contribution in [0.2, 0.25) is 0 Å². The van der Waals surface area contributed by atoms with Gasteiger partial charge < -0.3 is 15.8 Å². The fourth-order valence-electron chi connectivity index (χ4n) is 2.70. The van der Waals surface area contributed by atoms with E-state index < -0.39 is 36.6 Å². The van der Waals surface area contributed by atoms with Crippen LogP contribution in [0.5, 0.6) is 5.75 Å². The predicted octanol–water partition coefficient (Wildman–Crippen LogP) is 1.37. The van der Waals surface area contributed by atoms with Crippen molar-refractivity contribution in [1.29, 1.82) is 0 Å². The van der Waals surface area contributed by atoms with E-state index in [9.17, 15) is 22.8 Å². The van der Waals surface area contributed by atoms with Crippen LogP contribution in [0.4, 0.5) is 18.9 Å². The van der Waals surface area contributed by atoms with Gasteiger partial charge in [0.1, 0.15) is 18.3 Å². The molecule has 0 unspecified atom stereocenters. The maximum atomic E-state index is 12.6. The summed E-state index contributed by atoms with van der Waals surface area (Å²) in [6.07, 6.45) is -4.09. The van der Waals surface area contributed by atoms with Gasteiger partial charge in [0.2, 0.25) is 11.8 Å². The SMILES string of the molecule is CC[C@H](N)C(=O)N1c2ccc(OC)cc2C[C@@H]1C(=O)NCC(F)(F)F. The van der Waals surface area contributed by atoms with Crippen molar-refractivity contribution in [3.05, 3.63) is 23.8 Å². The number of benzene rings is 1. The minimum atomic E-state index is -4.53. The van der Waals surface area contributed by atoms with Crippen molar-refractivity contribution in [2.45, 2.75) is 38.0 Å². The van der Waals surface area contributed by atoms with Crippen molar-refractivity contribution in [2.24, 2.45) is 5.73 Å². The summed E-state index contributed by atoms with van der Waals surface area (Å²) in [5, 5.41) is 1.84. The Hall–Kier alpha value is -2.29. The lowest BCUT2D eigenvalue weighted by molar-refractivity contribution is -0.139. The molecule has 1 heterocycles. The molecular weight excluding hydrogens is 339 g/mol. The molecule has 1 aromatic carbocycles. The summed E-state index contributed by atoms with van der Waals surface area (Å²) in [6, 6.07) is 2.96. The molecule has 0 saturated carbocycles. The van der Waals surface area contributed by atoms with Gasteiger partial charge in [-0.2, -0.15) is 13.2 Å². The van der Waals surface area contributed by atoms with E-state index in [1.54, 1.807) is 25.1 Å². The van der Waals surface area contributed by atoms with Gasteiger partial charge in [0, 0.05) is 12.1 Å². The third kappa shape index (κ3) is 4.22. The number of hydrogen-bond donors (Lipinski definition) is 2. The third-order valence-corrected chi connectivity index (χ3v) is 4.03. The highest BCUT2D eigenvalue weighted by Crippen LogP contribution is 2.35. The number of methoxy groups -OCH3 is 1. The Morgan fingerprint density at radius 2 is 2.12 bits per heavy atom. The van der Waals surface area contributed by atoms with Crippen molar-refractivity contribution in [3.8, 4) is 5.75 Å². The average Bonchev–Trinajstić information content (AvgIpc) is 2.95. The van der Waals surface area contributed by atoms with E-state index in [-0.39, 0.29) is 6.42 Å². The van der Waals surface area contributed by atoms with Gasteiger partial charge in [-0.25, -0.2) is 0 Å². The second kappa shape index (κ2) is 7.30. The quantitative estimate of drug-likeness (QED) is 0.832. The van der Waals surface area contributed by atoms with Gasteiger partial charge in [-0.15, -0.1) is 0 Å². The fraction of sp³-hybridized carbons (Fsp3) is 0.500. The number of nitrogens with two attached hydrogens (primary N) is 1. The van der Waals surface area contributed by atoms with Crippen molar-refractivity contribution in [2.75, 3.05) is 18.6 Å². The second-order valence-corrected chi connectivity index (χ2v) is 5.77. The average molecular weight is 359 g/mol. The van der Waals surface area contributed by atoms with E-state index >= 15 is 0 Å². The zero-order chi connectivity index (χ0) is 18.8. The van der Waals surface area contributed by atoms with Gasteiger partial charge in [-0.1, -0.05) is 6.92 Å². The Kier molecular flexibility index (Phi) is 5.56. The van der Waals surface area contributed by atoms with Gasteiger partial charge in [0.25, 0.3) is 0 Å². The molecule has 6 nitrogen and oxygen atoms in total. The Morgan fingerprint density at radius 1 is 1.44 bits per heavy atom. The first-order valence-corrected chi connectivity index (χ1v) is 7.78. The van der Waals surface area contributed by atoms with E-state index in [1.807, 2.05) is 5.32 Å². The van der Waals surface area contributed by atoms with Crippen LogP contribution in [0, 0.1) is 0 Å². The van der Waals surface area contributed by atoms with Crippen LogP contribution >= 0.6 is 0 Å². The molecule has 2 amide bonds. The standard InChI is InChI=1S/C16H20F3N3O3/c1-3-11(20)15(24)22-12-5-4-10(25-2)6-9(12)7-13(22)14(23)21-8-16(17,18)19/h4-6,11,13H,3,7-8,20H2,1-2H3,(H,21,23)/t11-,13+/m0/s1. The predicted molar refractivity (Wildman–Crippen MR) is 85.3 cm³/mol. The number of alkyl halides is 3. The molecule has 0 aromatic heterocycles. The Labute approximate surface area is 143 Å². The Morgan fingerprint density at radius 3 is 2.68 bits per heavy atom. The molecule has 1 aliphatic rings. The van der Waals surface area contributed by atoms with Crippen LogP contribution in [0.15, 0.2) is 18.2 Å². The summed E-state index contributed by atoms with van der Waals surface area (Å²) < 4.78 is 42.2. The zero-order valence-electron chi connectivity index (χ0n) is 13.9. The number of carbonyl (C=O) groups excluding carboxylic acids is 2. The summed E-state index contributed by atoms with van der Waals surface area (Å²) in [4.78, 5) is 26.0. The molecule has 138 valence electrons. The number of amides is 2. The smallest absolute Gasteiger partial charge is 0.405 e. The van der Waals surface area contributed by atoms with Gasteiger partial charge >= 0.3 is 6.18 Å². The number of hydrogen-bond acceptors (Lipinski definition) is 4. The minimum Gasteiger partial charge on any atom is -0.497 e. The normalized spacial score (nSPS) is 17.8. The Bertz CT molecular complexity index is 664. The Balaban J connectivity index is 2.31. The van der Waals surface area contributed by atoms with Crippen LogP contribution in [0.1, 0.15) is 18.9 Å². The monoisotopic (exact) mass is 359 g/mol. The van der Waals surface area contributed by atoms with Crippen molar-refractivity contribution in [1.82, 2.24) is 5.32 Å². The molecule has 0 fully saturated rings. The van der Waals surface area contributed by atoms with E-state index in [0.29, 0.717) is 23.4 Å². The molecule has 25 heavy (non-hydrogen) atoms. The second-order valence-electron chi connectivity index (χ2n) is 5.77.